The Morgan fingerprint density at radius 1 is 1.21 bits per heavy atom. The van der Waals surface area contributed by atoms with Gasteiger partial charge < -0.3 is 14.4 Å². The third-order valence-electron chi connectivity index (χ3n) is 4.65. The Bertz CT molecular complexity index is 745. The van der Waals surface area contributed by atoms with Crippen LogP contribution in [0.4, 0.5) is 5.82 Å². The smallest absolute Gasteiger partial charge is 0.224 e. The molecule has 0 spiro atoms. The number of anilines is 1. The van der Waals surface area contributed by atoms with Crippen LogP contribution in [0.2, 0.25) is 5.28 Å². The van der Waals surface area contributed by atoms with E-state index < -0.39 is 0 Å². The first-order valence-corrected chi connectivity index (χ1v) is 8.67. The van der Waals surface area contributed by atoms with E-state index in [4.69, 9.17) is 21.1 Å². The lowest BCUT2D eigenvalue weighted by atomic mass is 10.1. The second kappa shape index (κ2) is 6.57. The van der Waals surface area contributed by atoms with Crippen molar-refractivity contribution in [1.82, 2.24) is 9.97 Å². The molecular formula is C18H20ClN3O2. The van der Waals surface area contributed by atoms with E-state index in [2.05, 4.69) is 27.0 Å². The maximum atomic E-state index is 6.18. The van der Waals surface area contributed by atoms with Crippen molar-refractivity contribution in [1.29, 1.82) is 0 Å². The zero-order valence-corrected chi connectivity index (χ0v) is 14.4. The van der Waals surface area contributed by atoms with E-state index in [0.717, 1.165) is 49.7 Å². The fourth-order valence-electron chi connectivity index (χ4n) is 3.33. The molecule has 1 saturated heterocycles. The fourth-order valence-corrected chi connectivity index (χ4v) is 3.46. The SMILES string of the molecule is Cc1cnc(Cl)nc1N1CCC(Oc2ccc3c(c2)COC3)CC1. The van der Waals surface area contributed by atoms with Gasteiger partial charge in [0.2, 0.25) is 5.28 Å². The first-order chi connectivity index (χ1) is 11.7. The van der Waals surface area contributed by atoms with Gasteiger partial charge in [0.25, 0.3) is 0 Å². The van der Waals surface area contributed by atoms with Crippen LogP contribution in [-0.2, 0) is 18.0 Å². The van der Waals surface area contributed by atoms with Crippen LogP contribution in [0.25, 0.3) is 0 Å². The number of rotatable bonds is 3. The van der Waals surface area contributed by atoms with Gasteiger partial charge >= 0.3 is 0 Å². The van der Waals surface area contributed by atoms with Gasteiger partial charge in [0, 0.05) is 37.7 Å². The molecule has 0 N–H and O–H groups in total. The Morgan fingerprint density at radius 3 is 2.83 bits per heavy atom. The molecule has 0 radical (unpaired) electrons. The number of aryl methyl sites for hydroxylation is 1. The number of ether oxygens (including phenoxy) is 2. The summed E-state index contributed by atoms with van der Waals surface area (Å²) in [6, 6.07) is 6.27. The minimum Gasteiger partial charge on any atom is -0.490 e. The fraction of sp³-hybridized carbons (Fsp3) is 0.444. The van der Waals surface area contributed by atoms with Crippen molar-refractivity contribution in [3.63, 3.8) is 0 Å². The summed E-state index contributed by atoms with van der Waals surface area (Å²) in [6.45, 7) is 5.24. The topological polar surface area (TPSA) is 47.5 Å². The Hall–Kier alpha value is -1.85. The minimum atomic E-state index is 0.235. The van der Waals surface area contributed by atoms with Crippen LogP contribution in [0.1, 0.15) is 29.5 Å². The predicted octanol–water partition coefficient (Wildman–Crippen LogP) is 3.52. The van der Waals surface area contributed by atoms with Crippen molar-refractivity contribution in [3.05, 3.63) is 46.4 Å². The van der Waals surface area contributed by atoms with E-state index in [-0.39, 0.29) is 6.10 Å². The van der Waals surface area contributed by atoms with Crippen LogP contribution in [0.3, 0.4) is 0 Å². The van der Waals surface area contributed by atoms with Crippen LogP contribution >= 0.6 is 11.6 Å². The van der Waals surface area contributed by atoms with Crippen molar-refractivity contribution in [2.45, 2.75) is 39.1 Å². The summed E-state index contributed by atoms with van der Waals surface area (Å²) in [5, 5.41) is 0.300. The van der Waals surface area contributed by atoms with Crippen molar-refractivity contribution in [2.24, 2.45) is 0 Å². The van der Waals surface area contributed by atoms with Crippen molar-refractivity contribution >= 4 is 17.4 Å². The summed E-state index contributed by atoms with van der Waals surface area (Å²) in [7, 11) is 0. The van der Waals surface area contributed by atoms with E-state index in [0.29, 0.717) is 11.9 Å². The highest BCUT2D eigenvalue weighted by Crippen LogP contribution is 2.28. The number of hydrogen-bond donors (Lipinski definition) is 0. The summed E-state index contributed by atoms with van der Waals surface area (Å²) in [5.74, 6) is 1.88. The summed E-state index contributed by atoms with van der Waals surface area (Å²) >= 11 is 5.93. The first kappa shape index (κ1) is 15.7. The molecule has 0 atom stereocenters. The van der Waals surface area contributed by atoms with Crippen molar-refractivity contribution < 1.29 is 9.47 Å². The van der Waals surface area contributed by atoms with Crippen LogP contribution in [0.15, 0.2) is 24.4 Å². The molecule has 4 rings (SSSR count). The maximum absolute atomic E-state index is 6.18. The van der Waals surface area contributed by atoms with Gasteiger partial charge in [-0.1, -0.05) is 6.07 Å². The highest BCUT2D eigenvalue weighted by molar-refractivity contribution is 6.28. The average molecular weight is 346 g/mol. The van der Waals surface area contributed by atoms with Gasteiger partial charge in [0.15, 0.2) is 0 Å². The molecule has 5 nitrogen and oxygen atoms in total. The molecule has 0 bridgehead atoms. The van der Waals surface area contributed by atoms with Crippen LogP contribution < -0.4 is 9.64 Å². The summed E-state index contributed by atoms with van der Waals surface area (Å²) in [5.41, 5.74) is 3.57. The molecule has 3 heterocycles. The third kappa shape index (κ3) is 3.19. The van der Waals surface area contributed by atoms with Gasteiger partial charge in [-0.2, -0.15) is 0 Å². The summed E-state index contributed by atoms with van der Waals surface area (Å²) in [6.07, 6.45) is 3.95. The molecule has 0 saturated carbocycles. The van der Waals surface area contributed by atoms with E-state index in [1.165, 1.54) is 11.1 Å². The van der Waals surface area contributed by atoms with Gasteiger partial charge in [-0.3, -0.25) is 0 Å². The van der Waals surface area contributed by atoms with E-state index in [1.807, 2.05) is 13.0 Å². The third-order valence-corrected chi connectivity index (χ3v) is 4.83. The van der Waals surface area contributed by atoms with Crippen molar-refractivity contribution in [2.75, 3.05) is 18.0 Å². The minimum absolute atomic E-state index is 0.235. The molecule has 1 fully saturated rings. The predicted molar refractivity (Wildman–Crippen MR) is 92.6 cm³/mol. The molecule has 6 heteroatoms. The second-order valence-corrected chi connectivity index (χ2v) is 6.71. The standard InChI is InChI=1S/C18H20ClN3O2/c1-12-9-20-18(19)21-17(12)22-6-4-15(5-7-22)24-16-3-2-13-10-23-11-14(13)8-16/h2-3,8-9,15H,4-7,10-11H2,1H3. The van der Waals surface area contributed by atoms with Gasteiger partial charge in [-0.25, -0.2) is 9.97 Å². The highest BCUT2D eigenvalue weighted by Gasteiger charge is 2.23. The first-order valence-electron chi connectivity index (χ1n) is 8.29. The summed E-state index contributed by atoms with van der Waals surface area (Å²) in [4.78, 5) is 10.7. The lowest BCUT2D eigenvalue weighted by Crippen LogP contribution is -2.39. The van der Waals surface area contributed by atoms with Gasteiger partial charge in [-0.05, 0) is 41.8 Å². The largest absolute Gasteiger partial charge is 0.490 e. The Kier molecular flexibility index (Phi) is 4.29. The summed E-state index contributed by atoms with van der Waals surface area (Å²) < 4.78 is 11.6. The second-order valence-electron chi connectivity index (χ2n) is 6.37. The molecule has 24 heavy (non-hydrogen) atoms. The van der Waals surface area contributed by atoms with Crippen LogP contribution in [-0.4, -0.2) is 29.2 Å². The Labute approximate surface area is 146 Å². The monoisotopic (exact) mass is 345 g/mol. The molecule has 0 unspecified atom stereocenters. The molecule has 1 aromatic carbocycles. The lowest BCUT2D eigenvalue weighted by Gasteiger charge is -2.33. The van der Waals surface area contributed by atoms with E-state index >= 15 is 0 Å². The zero-order valence-electron chi connectivity index (χ0n) is 13.7. The highest BCUT2D eigenvalue weighted by atomic mass is 35.5. The van der Waals surface area contributed by atoms with Crippen LogP contribution in [0.5, 0.6) is 5.75 Å². The molecule has 2 aliphatic rings. The van der Waals surface area contributed by atoms with E-state index in [1.54, 1.807) is 6.20 Å². The van der Waals surface area contributed by atoms with Crippen molar-refractivity contribution in [3.8, 4) is 5.75 Å². The number of piperidine rings is 1. The Balaban J connectivity index is 1.38. The quantitative estimate of drug-likeness (QED) is 0.796. The van der Waals surface area contributed by atoms with E-state index in [9.17, 15) is 0 Å². The number of halogens is 1. The zero-order chi connectivity index (χ0) is 16.5. The van der Waals surface area contributed by atoms with Crippen LogP contribution in [0, 0.1) is 6.92 Å². The maximum Gasteiger partial charge on any atom is 0.224 e. The molecule has 126 valence electrons. The Morgan fingerprint density at radius 2 is 2.00 bits per heavy atom. The number of nitrogens with zero attached hydrogens (tertiary/aromatic N) is 3. The van der Waals surface area contributed by atoms with Gasteiger partial charge in [0.1, 0.15) is 17.7 Å². The average Bonchev–Trinajstić information content (AvgIpc) is 3.06. The molecule has 1 aromatic heterocycles. The molecule has 2 aliphatic heterocycles. The van der Waals surface area contributed by atoms with Gasteiger partial charge in [0.05, 0.1) is 13.2 Å². The number of benzene rings is 1. The van der Waals surface area contributed by atoms with Gasteiger partial charge in [-0.15, -0.1) is 0 Å². The number of hydrogen-bond acceptors (Lipinski definition) is 5. The lowest BCUT2D eigenvalue weighted by molar-refractivity contribution is 0.134. The normalized spacial score (nSPS) is 17.8. The molecule has 0 amide bonds. The molecular weight excluding hydrogens is 326 g/mol. The molecule has 2 aromatic rings. The number of aromatic nitrogens is 2. The number of fused-ring (bicyclic) bond motifs is 1. The molecule has 0 aliphatic carbocycles.